The minimum Gasteiger partial charge on any atom is -0.365 e. The molecule has 2 rings (SSSR count). The van der Waals surface area contributed by atoms with Crippen LogP contribution in [-0.2, 0) is 0 Å². The molecular formula is C14H16N2O2S. The third kappa shape index (κ3) is 3.32. The van der Waals surface area contributed by atoms with E-state index in [0.29, 0.717) is 12.0 Å². The number of H-pyrrole nitrogens is 1. The number of aromatic amines is 1. The number of ketones is 1. The van der Waals surface area contributed by atoms with Crippen LogP contribution in [0.3, 0.4) is 0 Å². The molecule has 19 heavy (non-hydrogen) atoms. The molecule has 1 atom stereocenters. The largest absolute Gasteiger partial charge is 0.365 e. The zero-order valence-corrected chi connectivity index (χ0v) is 11.7. The summed E-state index contributed by atoms with van der Waals surface area (Å²) in [5.74, 6) is -0.0844. The Morgan fingerprint density at radius 2 is 2.21 bits per heavy atom. The van der Waals surface area contributed by atoms with Crippen LogP contribution >= 0.6 is 11.3 Å². The van der Waals surface area contributed by atoms with E-state index in [0.717, 1.165) is 10.6 Å². The molecule has 0 fully saturated rings. The molecule has 2 heterocycles. The minimum absolute atomic E-state index is 0.0635. The zero-order valence-electron chi connectivity index (χ0n) is 10.9. The maximum atomic E-state index is 12.0. The van der Waals surface area contributed by atoms with E-state index in [2.05, 4.69) is 10.3 Å². The van der Waals surface area contributed by atoms with Gasteiger partial charge in [-0.2, -0.15) is 0 Å². The lowest BCUT2D eigenvalue weighted by atomic mass is 10.1. The first-order valence-corrected chi connectivity index (χ1v) is 6.97. The topological polar surface area (TPSA) is 62.0 Å². The molecule has 0 saturated heterocycles. The van der Waals surface area contributed by atoms with Gasteiger partial charge in [-0.05, 0) is 31.4 Å². The van der Waals surface area contributed by atoms with Crippen molar-refractivity contribution in [3.8, 4) is 0 Å². The van der Waals surface area contributed by atoms with Crippen LogP contribution in [-0.4, -0.2) is 22.7 Å². The van der Waals surface area contributed by atoms with Gasteiger partial charge in [-0.3, -0.25) is 9.59 Å². The third-order valence-electron chi connectivity index (χ3n) is 2.86. The Labute approximate surface area is 115 Å². The highest BCUT2D eigenvalue weighted by atomic mass is 32.1. The van der Waals surface area contributed by atoms with E-state index in [1.54, 1.807) is 18.3 Å². The van der Waals surface area contributed by atoms with Gasteiger partial charge in [0.1, 0.15) is 0 Å². The van der Waals surface area contributed by atoms with Crippen molar-refractivity contribution in [2.45, 2.75) is 26.3 Å². The molecule has 0 spiro atoms. The van der Waals surface area contributed by atoms with Crippen molar-refractivity contribution in [1.29, 1.82) is 0 Å². The molecule has 5 heteroatoms. The highest BCUT2D eigenvalue weighted by Gasteiger charge is 2.16. The van der Waals surface area contributed by atoms with Crippen molar-refractivity contribution in [1.82, 2.24) is 10.3 Å². The Morgan fingerprint density at radius 3 is 2.79 bits per heavy atom. The van der Waals surface area contributed by atoms with Crippen molar-refractivity contribution in [3.63, 3.8) is 0 Å². The summed E-state index contributed by atoms with van der Waals surface area (Å²) < 4.78 is 0. The summed E-state index contributed by atoms with van der Waals surface area (Å²) in [5.41, 5.74) is 1.45. The molecule has 0 aliphatic rings. The van der Waals surface area contributed by atoms with Gasteiger partial charge >= 0.3 is 0 Å². The predicted octanol–water partition coefficient (Wildman–Crippen LogP) is 2.78. The van der Waals surface area contributed by atoms with Crippen molar-refractivity contribution < 1.29 is 9.59 Å². The molecule has 2 aromatic heterocycles. The molecule has 100 valence electrons. The first-order valence-electron chi connectivity index (χ1n) is 6.09. The standard InChI is InChI=1S/C14H16N2O2S/c1-9(8-12(17)13-4-3-7-19-13)16-14(18)11-5-6-15-10(11)2/h3-7,9,15H,8H2,1-2H3,(H,16,18)/t9-/m1/s1. The van der Waals surface area contributed by atoms with Gasteiger partial charge < -0.3 is 10.3 Å². The second-order valence-corrected chi connectivity index (χ2v) is 5.44. The fourth-order valence-electron chi connectivity index (χ4n) is 1.87. The minimum atomic E-state index is -0.184. The van der Waals surface area contributed by atoms with Crippen molar-refractivity contribution in [2.24, 2.45) is 0 Å². The molecule has 0 aliphatic heterocycles. The second kappa shape index (κ2) is 5.84. The second-order valence-electron chi connectivity index (χ2n) is 4.50. The van der Waals surface area contributed by atoms with Crippen molar-refractivity contribution in [2.75, 3.05) is 0 Å². The predicted molar refractivity (Wildman–Crippen MR) is 75.7 cm³/mol. The number of amides is 1. The number of carbonyl (C=O) groups is 2. The number of rotatable bonds is 5. The van der Waals surface area contributed by atoms with Crippen LogP contribution in [0, 0.1) is 6.92 Å². The molecule has 1 amide bonds. The SMILES string of the molecule is Cc1[nH]ccc1C(=O)N[C@H](C)CC(=O)c1cccs1. The molecule has 4 nitrogen and oxygen atoms in total. The monoisotopic (exact) mass is 276 g/mol. The molecule has 0 bridgehead atoms. The van der Waals surface area contributed by atoms with Gasteiger partial charge in [-0.1, -0.05) is 6.07 Å². The lowest BCUT2D eigenvalue weighted by molar-refractivity contribution is 0.0919. The summed E-state index contributed by atoms with van der Waals surface area (Å²) in [5, 5.41) is 4.72. The van der Waals surface area contributed by atoms with E-state index in [9.17, 15) is 9.59 Å². The number of thiophene rings is 1. The van der Waals surface area contributed by atoms with Crippen LogP contribution in [0.1, 0.15) is 39.1 Å². The lowest BCUT2D eigenvalue weighted by Gasteiger charge is -2.12. The summed E-state index contributed by atoms with van der Waals surface area (Å²) in [6, 6.07) is 5.21. The van der Waals surface area contributed by atoms with Gasteiger partial charge in [0.15, 0.2) is 5.78 Å². The zero-order chi connectivity index (χ0) is 13.8. The van der Waals surface area contributed by atoms with Crippen LogP contribution < -0.4 is 5.32 Å². The quantitative estimate of drug-likeness (QED) is 0.825. The van der Waals surface area contributed by atoms with Crippen LogP contribution in [0.15, 0.2) is 29.8 Å². The summed E-state index contributed by atoms with van der Waals surface area (Å²) >= 11 is 1.42. The number of aryl methyl sites for hydroxylation is 1. The number of carbonyl (C=O) groups excluding carboxylic acids is 2. The Balaban J connectivity index is 1.91. The van der Waals surface area contributed by atoms with E-state index < -0.39 is 0 Å². The van der Waals surface area contributed by atoms with Crippen LogP contribution in [0.4, 0.5) is 0 Å². The summed E-state index contributed by atoms with van der Waals surface area (Å²) in [6.07, 6.45) is 2.04. The van der Waals surface area contributed by atoms with Crippen LogP contribution in [0.2, 0.25) is 0 Å². The third-order valence-corrected chi connectivity index (χ3v) is 3.77. The average molecular weight is 276 g/mol. The molecule has 0 unspecified atom stereocenters. The van der Waals surface area contributed by atoms with E-state index in [1.807, 2.05) is 25.3 Å². The Hall–Kier alpha value is -1.88. The first-order chi connectivity index (χ1) is 9.08. The molecule has 0 aliphatic carbocycles. The molecule has 0 aromatic carbocycles. The number of Topliss-reactive ketones (excluding diaryl/α,β-unsaturated/α-hetero) is 1. The molecule has 0 radical (unpaired) electrons. The number of hydrogen-bond acceptors (Lipinski definition) is 3. The normalized spacial score (nSPS) is 12.1. The number of aromatic nitrogens is 1. The maximum absolute atomic E-state index is 12.0. The molecule has 2 aromatic rings. The summed E-state index contributed by atoms with van der Waals surface area (Å²) in [7, 11) is 0. The number of hydrogen-bond donors (Lipinski definition) is 2. The van der Waals surface area contributed by atoms with Gasteiger partial charge in [0.2, 0.25) is 0 Å². The van der Waals surface area contributed by atoms with E-state index in [1.165, 1.54) is 11.3 Å². The van der Waals surface area contributed by atoms with Crippen molar-refractivity contribution >= 4 is 23.0 Å². The van der Waals surface area contributed by atoms with Crippen LogP contribution in [0.5, 0.6) is 0 Å². The van der Waals surface area contributed by atoms with Gasteiger partial charge in [-0.25, -0.2) is 0 Å². The first kappa shape index (κ1) is 13.5. The van der Waals surface area contributed by atoms with Crippen molar-refractivity contribution in [3.05, 3.63) is 45.9 Å². The van der Waals surface area contributed by atoms with E-state index in [-0.39, 0.29) is 17.7 Å². The Bertz CT molecular complexity index is 572. The van der Waals surface area contributed by atoms with Gasteiger partial charge in [-0.15, -0.1) is 11.3 Å². The van der Waals surface area contributed by atoms with Gasteiger partial charge in [0.25, 0.3) is 5.91 Å². The Morgan fingerprint density at radius 1 is 1.42 bits per heavy atom. The van der Waals surface area contributed by atoms with E-state index >= 15 is 0 Å². The smallest absolute Gasteiger partial charge is 0.253 e. The highest BCUT2D eigenvalue weighted by Crippen LogP contribution is 2.13. The van der Waals surface area contributed by atoms with Crippen LogP contribution in [0.25, 0.3) is 0 Å². The average Bonchev–Trinajstić information content (AvgIpc) is 2.98. The maximum Gasteiger partial charge on any atom is 0.253 e. The fraction of sp³-hybridized carbons (Fsp3) is 0.286. The van der Waals surface area contributed by atoms with Gasteiger partial charge in [0.05, 0.1) is 10.4 Å². The Kier molecular flexibility index (Phi) is 4.16. The lowest BCUT2D eigenvalue weighted by Crippen LogP contribution is -2.34. The molecular weight excluding hydrogens is 260 g/mol. The molecule has 0 saturated carbocycles. The van der Waals surface area contributed by atoms with Gasteiger partial charge in [0, 0.05) is 24.4 Å². The summed E-state index contributed by atoms with van der Waals surface area (Å²) in [6.45, 7) is 3.68. The van der Waals surface area contributed by atoms with E-state index in [4.69, 9.17) is 0 Å². The summed E-state index contributed by atoms with van der Waals surface area (Å²) in [4.78, 5) is 27.6. The highest BCUT2D eigenvalue weighted by molar-refractivity contribution is 7.12. The molecule has 2 N–H and O–H groups in total. The fourth-order valence-corrected chi connectivity index (χ4v) is 2.54. The number of nitrogens with one attached hydrogen (secondary N) is 2.